The Balaban J connectivity index is 1.64. The molecule has 2 aromatic carbocycles. The van der Waals surface area contributed by atoms with E-state index in [1.165, 1.54) is 30.3 Å². The summed E-state index contributed by atoms with van der Waals surface area (Å²) < 4.78 is 10.7. The molecule has 0 bridgehead atoms. The summed E-state index contributed by atoms with van der Waals surface area (Å²) in [7, 11) is 0. The van der Waals surface area contributed by atoms with Gasteiger partial charge in [-0.2, -0.15) is 0 Å². The highest BCUT2D eigenvalue weighted by Gasteiger charge is 2.44. The van der Waals surface area contributed by atoms with Crippen LogP contribution in [0.15, 0.2) is 42.5 Å². The molecule has 1 aliphatic rings. The van der Waals surface area contributed by atoms with Crippen LogP contribution in [-0.4, -0.2) is 73.7 Å². The third-order valence-corrected chi connectivity index (χ3v) is 4.95. The van der Waals surface area contributed by atoms with Crippen LogP contribution in [0.4, 0.5) is 0 Å². The molecular weight excluding hydrogens is 396 g/mol. The third-order valence-electron chi connectivity index (χ3n) is 4.95. The number of phenolic OH excluding ortho intramolecular Hbond substituents is 2. The van der Waals surface area contributed by atoms with E-state index in [4.69, 9.17) is 9.47 Å². The number of Topliss-reactive ketones (excluding diaryl/α,β-unsaturated/α-hetero) is 1. The number of carbonyl (C=O) groups excluding carboxylic acids is 1. The van der Waals surface area contributed by atoms with Crippen LogP contribution in [0.25, 0.3) is 0 Å². The fraction of sp³-hybridized carbons (Fsp3) is 0.381. The summed E-state index contributed by atoms with van der Waals surface area (Å²) in [5.41, 5.74) is 0.957. The number of aryl methyl sites for hydroxylation is 1. The first-order valence-corrected chi connectivity index (χ1v) is 9.41. The molecule has 1 saturated heterocycles. The summed E-state index contributed by atoms with van der Waals surface area (Å²) in [4.78, 5) is 12.4. The Labute approximate surface area is 172 Å². The number of hydrogen-bond donors (Lipinski definition) is 6. The Morgan fingerprint density at radius 1 is 0.967 bits per heavy atom. The number of aliphatic hydroxyl groups is 4. The van der Waals surface area contributed by atoms with E-state index in [9.17, 15) is 35.4 Å². The van der Waals surface area contributed by atoms with Crippen molar-refractivity contribution in [2.45, 2.75) is 43.5 Å². The molecule has 1 heterocycles. The largest absolute Gasteiger partial charge is 0.508 e. The van der Waals surface area contributed by atoms with Crippen molar-refractivity contribution in [3.05, 3.63) is 53.6 Å². The topological polar surface area (TPSA) is 157 Å². The number of ether oxygens (including phenoxy) is 2. The summed E-state index contributed by atoms with van der Waals surface area (Å²) in [6.07, 6.45) is -6.62. The Morgan fingerprint density at radius 3 is 2.30 bits per heavy atom. The van der Waals surface area contributed by atoms with Gasteiger partial charge in [0, 0.05) is 12.5 Å². The highest BCUT2D eigenvalue weighted by Crippen LogP contribution is 2.29. The molecule has 0 unspecified atom stereocenters. The molecule has 1 fully saturated rings. The van der Waals surface area contributed by atoms with E-state index in [1.54, 1.807) is 12.1 Å². The molecule has 0 radical (unpaired) electrons. The molecule has 1 aliphatic heterocycles. The van der Waals surface area contributed by atoms with Crippen LogP contribution in [0.1, 0.15) is 22.3 Å². The van der Waals surface area contributed by atoms with Gasteiger partial charge < -0.3 is 40.1 Å². The minimum Gasteiger partial charge on any atom is -0.508 e. The first-order chi connectivity index (χ1) is 14.3. The number of ketones is 1. The molecule has 2 aromatic rings. The zero-order valence-electron chi connectivity index (χ0n) is 16.0. The van der Waals surface area contributed by atoms with E-state index < -0.39 is 37.3 Å². The van der Waals surface area contributed by atoms with Crippen LogP contribution in [0, 0.1) is 0 Å². The number of rotatable bonds is 7. The van der Waals surface area contributed by atoms with E-state index in [2.05, 4.69) is 0 Å². The van der Waals surface area contributed by atoms with Crippen LogP contribution in [0.5, 0.6) is 17.2 Å². The SMILES string of the molecule is O=C(CCc1ccc(O)cc1)c1ccc(O[C@@H]2O[C@H](CO)[C@@H](O)[C@H](O)[C@H]2O)cc1O. The molecule has 0 aromatic heterocycles. The van der Waals surface area contributed by atoms with Gasteiger partial charge in [-0.05, 0) is 36.2 Å². The standard InChI is InChI=1S/C21H24O9/c22-10-17-18(26)19(27)20(28)21(30-17)29-13-6-7-14(16(25)9-13)15(24)8-3-11-1-4-12(23)5-2-11/h1-2,4-7,9,17-23,25-28H,3,8,10H2/t17-,18-,19+,20-,21-/m1/s1. The van der Waals surface area contributed by atoms with Crippen LogP contribution in [0.2, 0.25) is 0 Å². The molecule has 9 nitrogen and oxygen atoms in total. The molecule has 0 amide bonds. The van der Waals surface area contributed by atoms with Crippen molar-refractivity contribution in [2.75, 3.05) is 6.61 Å². The fourth-order valence-electron chi connectivity index (χ4n) is 3.17. The minimum absolute atomic E-state index is 0.0620. The molecule has 162 valence electrons. The second-order valence-electron chi connectivity index (χ2n) is 7.08. The molecule has 0 saturated carbocycles. The number of aromatic hydroxyl groups is 2. The third kappa shape index (κ3) is 4.89. The molecule has 5 atom stereocenters. The van der Waals surface area contributed by atoms with Gasteiger partial charge in [-0.3, -0.25) is 4.79 Å². The quantitative estimate of drug-likeness (QED) is 0.342. The summed E-state index contributed by atoms with van der Waals surface area (Å²) in [6.45, 7) is -0.593. The van der Waals surface area contributed by atoms with E-state index in [-0.39, 0.29) is 35.0 Å². The molecule has 30 heavy (non-hydrogen) atoms. The van der Waals surface area contributed by atoms with Crippen LogP contribution in [-0.2, 0) is 11.2 Å². The fourth-order valence-corrected chi connectivity index (χ4v) is 3.17. The predicted molar refractivity (Wildman–Crippen MR) is 103 cm³/mol. The average molecular weight is 420 g/mol. The normalized spacial score (nSPS) is 26.3. The number of hydrogen-bond acceptors (Lipinski definition) is 9. The predicted octanol–water partition coefficient (Wildman–Crippen LogP) is 0.0920. The van der Waals surface area contributed by atoms with Gasteiger partial charge in [0.15, 0.2) is 5.78 Å². The van der Waals surface area contributed by atoms with E-state index >= 15 is 0 Å². The highest BCUT2D eigenvalue weighted by molar-refractivity contribution is 5.98. The van der Waals surface area contributed by atoms with E-state index in [0.717, 1.165) is 5.56 Å². The van der Waals surface area contributed by atoms with Gasteiger partial charge in [0.25, 0.3) is 0 Å². The molecular formula is C21H24O9. The van der Waals surface area contributed by atoms with Crippen LogP contribution < -0.4 is 4.74 Å². The van der Waals surface area contributed by atoms with Crippen molar-refractivity contribution >= 4 is 5.78 Å². The Morgan fingerprint density at radius 2 is 1.67 bits per heavy atom. The van der Waals surface area contributed by atoms with Crippen molar-refractivity contribution < 1.29 is 44.9 Å². The first-order valence-electron chi connectivity index (χ1n) is 9.41. The van der Waals surface area contributed by atoms with Gasteiger partial charge in [0.2, 0.25) is 6.29 Å². The lowest BCUT2D eigenvalue weighted by molar-refractivity contribution is -0.277. The van der Waals surface area contributed by atoms with Crippen molar-refractivity contribution in [1.29, 1.82) is 0 Å². The van der Waals surface area contributed by atoms with Gasteiger partial charge in [-0.25, -0.2) is 0 Å². The summed E-state index contributed by atoms with van der Waals surface area (Å²) >= 11 is 0. The lowest BCUT2D eigenvalue weighted by Gasteiger charge is -2.39. The van der Waals surface area contributed by atoms with Crippen molar-refractivity contribution in [1.82, 2.24) is 0 Å². The number of aliphatic hydroxyl groups excluding tert-OH is 4. The molecule has 0 aliphatic carbocycles. The minimum atomic E-state index is -1.59. The Hall–Kier alpha value is -2.69. The molecule has 6 N–H and O–H groups in total. The lowest BCUT2D eigenvalue weighted by atomic mass is 9.99. The second-order valence-corrected chi connectivity index (χ2v) is 7.08. The Kier molecular flexibility index (Phi) is 6.91. The van der Waals surface area contributed by atoms with Crippen LogP contribution >= 0.6 is 0 Å². The smallest absolute Gasteiger partial charge is 0.229 e. The molecule has 9 heteroatoms. The van der Waals surface area contributed by atoms with Gasteiger partial charge in [-0.1, -0.05) is 12.1 Å². The summed E-state index contributed by atoms with van der Waals surface area (Å²) in [5, 5.41) is 58.3. The monoisotopic (exact) mass is 420 g/mol. The number of benzene rings is 2. The van der Waals surface area contributed by atoms with Gasteiger partial charge in [-0.15, -0.1) is 0 Å². The summed E-state index contributed by atoms with van der Waals surface area (Å²) in [5.74, 6) is -0.419. The average Bonchev–Trinajstić information content (AvgIpc) is 2.73. The van der Waals surface area contributed by atoms with E-state index in [1.807, 2.05) is 0 Å². The van der Waals surface area contributed by atoms with Crippen molar-refractivity contribution in [3.8, 4) is 17.2 Å². The Bertz CT molecular complexity index is 865. The molecule has 3 rings (SSSR count). The number of phenols is 2. The molecule has 0 spiro atoms. The maximum absolute atomic E-state index is 12.4. The van der Waals surface area contributed by atoms with Gasteiger partial charge in [0.1, 0.15) is 41.7 Å². The zero-order chi connectivity index (χ0) is 21.8. The zero-order valence-corrected chi connectivity index (χ0v) is 16.0. The lowest BCUT2D eigenvalue weighted by Crippen LogP contribution is -2.60. The van der Waals surface area contributed by atoms with Crippen LogP contribution in [0.3, 0.4) is 0 Å². The number of carbonyl (C=O) groups is 1. The van der Waals surface area contributed by atoms with Gasteiger partial charge >= 0.3 is 0 Å². The van der Waals surface area contributed by atoms with Crippen molar-refractivity contribution in [3.63, 3.8) is 0 Å². The van der Waals surface area contributed by atoms with E-state index in [0.29, 0.717) is 6.42 Å². The summed E-state index contributed by atoms with van der Waals surface area (Å²) in [6, 6.07) is 10.4. The maximum atomic E-state index is 12.4. The highest BCUT2D eigenvalue weighted by atomic mass is 16.7. The second kappa shape index (κ2) is 9.41. The maximum Gasteiger partial charge on any atom is 0.229 e. The first kappa shape index (κ1) is 22.0. The van der Waals surface area contributed by atoms with Crippen molar-refractivity contribution in [2.24, 2.45) is 0 Å². The van der Waals surface area contributed by atoms with Gasteiger partial charge in [0.05, 0.1) is 12.2 Å².